The zero-order valence-corrected chi connectivity index (χ0v) is 13.8. The number of anilines is 2. The molecule has 1 aliphatic carbocycles. The third-order valence-electron chi connectivity index (χ3n) is 4.46. The number of hydrogen-bond acceptors (Lipinski definition) is 5. The molecular formula is C17H20F3N5. The van der Waals surface area contributed by atoms with Crippen LogP contribution in [0.2, 0.25) is 0 Å². The van der Waals surface area contributed by atoms with Crippen LogP contribution >= 0.6 is 0 Å². The third kappa shape index (κ3) is 3.84. The highest BCUT2D eigenvalue weighted by Gasteiger charge is 2.33. The average Bonchev–Trinajstić information content (AvgIpc) is 2.50. The summed E-state index contributed by atoms with van der Waals surface area (Å²) in [5, 5.41) is 0. The van der Waals surface area contributed by atoms with Crippen LogP contribution in [0.15, 0.2) is 30.3 Å². The largest absolute Gasteiger partial charge is 0.416 e. The second-order valence-corrected chi connectivity index (χ2v) is 6.45. The number of nitrogens with two attached hydrogens (primary N) is 2. The van der Waals surface area contributed by atoms with Gasteiger partial charge in [0.2, 0.25) is 5.95 Å². The first-order valence-electron chi connectivity index (χ1n) is 8.00. The Balaban J connectivity index is 1.84. The number of hydrogen-bond donors (Lipinski definition) is 2. The summed E-state index contributed by atoms with van der Waals surface area (Å²) in [6, 6.07) is 7.47. The summed E-state index contributed by atoms with van der Waals surface area (Å²) in [5.74, 6) is 0.846. The van der Waals surface area contributed by atoms with Crippen LogP contribution in [0.1, 0.15) is 35.6 Å². The first-order chi connectivity index (χ1) is 11.7. The minimum atomic E-state index is -4.39. The van der Waals surface area contributed by atoms with Gasteiger partial charge in [-0.15, -0.1) is 0 Å². The van der Waals surface area contributed by atoms with Gasteiger partial charge >= 0.3 is 6.18 Å². The summed E-state index contributed by atoms with van der Waals surface area (Å²) in [6.07, 6.45) is -2.73. The fraction of sp³-hybridized carbons (Fsp3) is 0.412. The van der Waals surface area contributed by atoms with E-state index in [2.05, 4.69) is 9.97 Å². The van der Waals surface area contributed by atoms with E-state index in [0.29, 0.717) is 5.82 Å². The molecule has 3 rings (SSSR count). The zero-order valence-electron chi connectivity index (χ0n) is 13.8. The van der Waals surface area contributed by atoms with Gasteiger partial charge in [0.15, 0.2) is 0 Å². The summed E-state index contributed by atoms with van der Waals surface area (Å²) in [6.45, 7) is 0.0652. The van der Waals surface area contributed by atoms with Crippen LogP contribution in [0.4, 0.5) is 24.9 Å². The van der Waals surface area contributed by atoms with E-state index in [0.717, 1.165) is 24.6 Å². The maximum Gasteiger partial charge on any atom is 0.416 e. The molecular weight excluding hydrogens is 331 g/mol. The van der Waals surface area contributed by atoms with Gasteiger partial charge in [0, 0.05) is 31.6 Å². The predicted octanol–water partition coefficient (Wildman–Crippen LogP) is 2.92. The van der Waals surface area contributed by atoms with E-state index in [1.807, 2.05) is 0 Å². The molecule has 5 nitrogen and oxygen atoms in total. The van der Waals surface area contributed by atoms with E-state index in [1.54, 1.807) is 24.1 Å². The van der Waals surface area contributed by atoms with Crippen molar-refractivity contribution < 1.29 is 13.2 Å². The molecule has 1 aliphatic rings. The molecule has 1 heterocycles. The minimum Gasteiger partial charge on any atom is -0.368 e. The molecule has 0 radical (unpaired) electrons. The van der Waals surface area contributed by atoms with E-state index < -0.39 is 11.7 Å². The Bertz CT molecular complexity index is 756. The molecule has 0 aliphatic heterocycles. The number of aromatic nitrogens is 2. The number of halogens is 3. The van der Waals surface area contributed by atoms with Crippen LogP contribution in [0.5, 0.6) is 0 Å². The van der Waals surface area contributed by atoms with Crippen molar-refractivity contribution in [3.63, 3.8) is 0 Å². The molecule has 1 fully saturated rings. The number of alkyl halides is 3. The number of nitrogens with zero attached hydrogens (tertiary/aromatic N) is 3. The molecule has 134 valence electrons. The van der Waals surface area contributed by atoms with Crippen molar-refractivity contribution >= 4 is 11.8 Å². The predicted molar refractivity (Wildman–Crippen MR) is 89.9 cm³/mol. The summed E-state index contributed by atoms with van der Waals surface area (Å²) < 4.78 is 39.4. The molecule has 1 aromatic carbocycles. The molecule has 0 amide bonds. The SMILES string of the molecule is CN(Cc1ccccc1C(F)(F)F)c1cc(C2CC(N)C2)nc(N)n1. The molecule has 4 N–H and O–H groups in total. The molecule has 0 spiro atoms. The van der Waals surface area contributed by atoms with Gasteiger partial charge in [0.25, 0.3) is 0 Å². The maximum absolute atomic E-state index is 13.1. The lowest BCUT2D eigenvalue weighted by molar-refractivity contribution is -0.138. The zero-order chi connectivity index (χ0) is 18.2. The van der Waals surface area contributed by atoms with Crippen LogP contribution in [-0.4, -0.2) is 23.1 Å². The van der Waals surface area contributed by atoms with Gasteiger partial charge in [0.05, 0.1) is 11.3 Å². The van der Waals surface area contributed by atoms with Crippen molar-refractivity contribution in [2.75, 3.05) is 17.7 Å². The molecule has 0 saturated heterocycles. The molecule has 8 heteroatoms. The second kappa shape index (κ2) is 6.51. The van der Waals surface area contributed by atoms with Crippen LogP contribution in [0.3, 0.4) is 0 Å². The topological polar surface area (TPSA) is 81.1 Å². The lowest BCUT2D eigenvalue weighted by Crippen LogP contribution is -2.35. The van der Waals surface area contributed by atoms with Gasteiger partial charge in [-0.3, -0.25) is 0 Å². The Labute approximate surface area is 143 Å². The van der Waals surface area contributed by atoms with E-state index in [-0.39, 0.29) is 30.0 Å². The van der Waals surface area contributed by atoms with Crippen molar-refractivity contribution in [2.45, 2.75) is 37.5 Å². The van der Waals surface area contributed by atoms with Crippen LogP contribution < -0.4 is 16.4 Å². The molecule has 1 aromatic heterocycles. The average molecular weight is 351 g/mol. The fourth-order valence-corrected chi connectivity index (χ4v) is 3.05. The van der Waals surface area contributed by atoms with E-state index >= 15 is 0 Å². The lowest BCUT2D eigenvalue weighted by atomic mass is 9.78. The summed E-state index contributed by atoms with van der Waals surface area (Å²) in [4.78, 5) is 10.0. The van der Waals surface area contributed by atoms with Crippen molar-refractivity contribution in [1.82, 2.24) is 9.97 Å². The molecule has 0 atom stereocenters. The lowest BCUT2D eigenvalue weighted by Gasteiger charge is -2.32. The first-order valence-corrected chi connectivity index (χ1v) is 8.00. The van der Waals surface area contributed by atoms with Crippen LogP contribution in [0, 0.1) is 0 Å². The molecule has 2 aromatic rings. The standard InChI is InChI=1S/C17H20F3N5/c1-25(9-10-4-2-3-5-13(10)17(18,19)20)15-8-14(23-16(22)24-15)11-6-12(21)7-11/h2-5,8,11-12H,6-7,9,21H2,1H3,(H2,22,23,24). The van der Waals surface area contributed by atoms with Crippen molar-refractivity contribution in [2.24, 2.45) is 5.73 Å². The van der Waals surface area contributed by atoms with Gasteiger partial charge in [0.1, 0.15) is 5.82 Å². The van der Waals surface area contributed by atoms with Crippen molar-refractivity contribution in [1.29, 1.82) is 0 Å². The molecule has 1 saturated carbocycles. The van der Waals surface area contributed by atoms with E-state index in [4.69, 9.17) is 11.5 Å². The fourth-order valence-electron chi connectivity index (χ4n) is 3.05. The summed E-state index contributed by atoms with van der Waals surface area (Å²) >= 11 is 0. The Morgan fingerprint density at radius 2 is 1.88 bits per heavy atom. The van der Waals surface area contributed by atoms with Crippen LogP contribution in [0.25, 0.3) is 0 Å². The number of nitrogen functional groups attached to an aromatic ring is 1. The van der Waals surface area contributed by atoms with Gasteiger partial charge in [-0.25, -0.2) is 4.98 Å². The van der Waals surface area contributed by atoms with E-state index in [1.165, 1.54) is 12.1 Å². The monoisotopic (exact) mass is 351 g/mol. The smallest absolute Gasteiger partial charge is 0.368 e. The second-order valence-electron chi connectivity index (χ2n) is 6.45. The van der Waals surface area contributed by atoms with Gasteiger partial charge < -0.3 is 16.4 Å². The van der Waals surface area contributed by atoms with E-state index in [9.17, 15) is 13.2 Å². The molecule has 0 unspecified atom stereocenters. The summed E-state index contributed by atoms with van der Waals surface area (Å²) in [5.41, 5.74) is 11.9. The minimum absolute atomic E-state index is 0.0652. The van der Waals surface area contributed by atoms with Crippen LogP contribution in [-0.2, 0) is 12.7 Å². The highest BCUT2D eigenvalue weighted by atomic mass is 19.4. The van der Waals surface area contributed by atoms with Gasteiger partial charge in [-0.05, 0) is 24.5 Å². The van der Waals surface area contributed by atoms with Gasteiger partial charge in [-0.2, -0.15) is 18.2 Å². The highest BCUT2D eigenvalue weighted by molar-refractivity contribution is 5.45. The Kier molecular flexibility index (Phi) is 4.55. The Morgan fingerprint density at radius 1 is 1.20 bits per heavy atom. The maximum atomic E-state index is 13.1. The quantitative estimate of drug-likeness (QED) is 0.885. The molecule has 0 bridgehead atoms. The van der Waals surface area contributed by atoms with Crippen molar-refractivity contribution in [3.05, 3.63) is 47.2 Å². The number of rotatable bonds is 4. The van der Waals surface area contributed by atoms with Crippen molar-refractivity contribution in [3.8, 4) is 0 Å². The molecule has 25 heavy (non-hydrogen) atoms. The Hall–Kier alpha value is -2.35. The highest BCUT2D eigenvalue weighted by Crippen LogP contribution is 2.36. The number of benzene rings is 1. The summed E-state index contributed by atoms with van der Waals surface area (Å²) in [7, 11) is 1.69. The Morgan fingerprint density at radius 3 is 2.52 bits per heavy atom. The third-order valence-corrected chi connectivity index (χ3v) is 4.46. The normalized spacial score (nSPS) is 20.2. The first kappa shape index (κ1) is 17.5. The van der Waals surface area contributed by atoms with Gasteiger partial charge in [-0.1, -0.05) is 18.2 Å².